The second-order valence-electron chi connectivity index (χ2n) is 4.67. The van der Waals surface area contributed by atoms with Crippen LogP contribution in [-0.2, 0) is 11.3 Å². The van der Waals surface area contributed by atoms with Gasteiger partial charge in [-0.2, -0.15) is 0 Å². The number of quaternary nitrogens is 1. The molecule has 2 rings (SSSR count). The molecule has 0 saturated carbocycles. The Morgan fingerprint density at radius 3 is 3.06 bits per heavy atom. The summed E-state index contributed by atoms with van der Waals surface area (Å²) in [4.78, 5) is 12.2. The first-order chi connectivity index (χ1) is 8.15. The Morgan fingerprint density at radius 1 is 1.53 bits per heavy atom. The molecule has 3 nitrogen and oxygen atoms in total. The van der Waals surface area contributed by atoms with E-state index in [1.807, 2.05) is 24.3 Å². The molecule has 4 heteroatoms. The maximum Gasteiger partial charge on any atom is 0.103 e. The Morgan fingerprint density at radius 2 is 2.35 bits per heavy atom. The summed E-state index contributed by atoms with van der Waals surface area (Å²) in [6.07, 6.45) is 1.70. The quantitative estimate of drug-likeness (QED) is 0.817. The lowest BCUT2D eigenvalue weighted by molar-refractivity contribution is -0.921. The third-order valence-corrected chi connectivity index (χ3v) is 3.53. The number of aliphatic carboxylic acids is 1. The van der Waals surface area contributed by atoms with Gasteiger partial charge in [-0.3, -0.25) is 0 Å². The van der Waals surface area contributed by atoms with Gasteiger partial charge in [-0.1, -0.05) is 23.7 Å². The van der Waals surface area contributed by atoms with Gasteiger partial charge in [0.05, 0.1) is 19.1 Å². The summed E-state index contributed by atoms with van der Waals surface area (Å²) in [5.41, 5.74) is 1.16. The summed E-state index contributed by atoms with van der Waals surface area (Å²) >= 11 is 5.93. The van der Waals surface area contributed by atoms with E-state index in [1.54, 1.807) is 0 Å². The van der Waals surface area contributed by atoms with Crippen molar-refractivity contribution in [2.24, 2.45) is 5.92 Å². The SMILES string of the molecule is O=C([O-])[C@@H]1CCC[NH+](Cc2cccc(Cl)c2)C1. The van der Waals surface area contributed by atoms with Gasteiger partial charge in [-0.15, -0.1) is 0 Å². The topological polar surface area (TPSA) is 44.6 Å². The minimum absolute atomic E-state index is 0.294. The minimum atomic E-state index is -0.909. The molecule has 2 atom stereocenters. The monoisotopic (exact) mass is 253 g/mol. The predicted octanol–water partition coefficient (Wildman–Crippen LogP) is -0.115. The Balaban J connectivity index is 1.97. The van der Waals surface area contributed by atoms with E-state index in [0.717, 1.165) is 36.5 Å². The number of carbonyl (C=O) groups is 1. The summed E-state index contributed by atoms with van der Waals surface area (Å²) in [7, 11) is 0. The van der Waals surface area contributed by atoms with Gasteiger partial charge in [0.2, 0.25) is 0 Å². The van der Waals surface area contributed by atoms with Crippen molar-refractivity contribution in [3.05, 3.63) is 34.9 Å². The van der Waals surface area contributed by atoms with Crippen molar-refractivity contribution in [3.8, 4) is 0 Å². The van der Waals surface area contributed by atoms with Gasteiger partial charge in [0.15, 0.2) is 0 Å². The van der Waals surface area contributed by atoms with Crippen molar-refractivity contribution in [1.82, 2.24) is 0 Å². The lowest BCUT2D eigenvalue weighted by Crippen LogP contribution is -3.12. The van der Waals surface area contributed by atoms with Gasteiger partial charge in [0, 0.05) is 16.5 Å². The molecule has 1 saturated heterocycles. The molecular weight excluding hydrogens is 238 g/mol. The van der Waals surface area contributed by atoms with E-state index in [9.17, 15) is 9.90 Å². The number of halogens is 1. The average molecular weight is 254 g/mol. The third kappa shape index (κ3) is 3.45. The number of hydrogen-bond acceptors (Lipinski definition) is 2. The molecular formula is C13H16ClNO2. The van der Waals surface area contributed by atoms with Gasteiger partial charge in [0.1, 0.15) is 6.54 Å². The highest BCUT2D eigenvalue weighted by molar-refractivity contribution is 6.30. The standard InChI is InChI=1S/C13H16ClNO2/c14-12-5-1-3-10(7-12)8-15-6-2-4-11(9-15)13(16)17/h1,3,5,7,11H,2,4,6,8-9H2,(H,16,17)/t11-/m1/s1. The Kier molecular flexibility index (Phi) is 4.02. The summed E-state index contributed by atoms with van der Waals surface area (Å²) in [6.45, 7) is 2.52. The van der Waals surface area contributed by atoms with Crippen LogP contribution < -0.4 is 10.0 Å². The molecule has 0 aromatic heterocycles. The number of carboxylic acids is 1. The fourth-order valence-electron chi connectivity index (χ4n) is 2.45. The fourth-order valence-corrected chi connectivity index (χ4v) is 2.66. The highest BCUT2D eigenvalue weighted by Gasteiger charge is 2.23. The molecule has 1 aliphatic rings. The molecule has 17 heavy (non-hydrogen) atoms. The van der Waals surface area contributed by atoms with Crippen LogP contribution in [0.2, 0.25) is 5.02 Å². The molecule has 0 spiro atoms. The van der Waals surface area contributed by atoms with Crippen LogP contribution in [0.3, 0.4) is 0 Å². The van der Waals surface area contributed by atoms with E-state index < -0.39 is 5.97 Å². The second-order valence-corrected chi connectivity index (χ2v) is 5.11. The van der Waals surface area contributed by atoms with Crippen molar-refractivity contribution < 1.29 is 14.8 Å². The van der Waals surface area contributed by atoms with E-state index in [-0.39, 0.29) is 5.92 Å². The largest absolute Gasteiger partial charge is 0.550 e. The number of piperidine rings is 1. The van der Waals surface area contributed by atoms with Gasteiger partial charge >= 0.3 is 0 Å². The van der Waals surface area contributed by atoms with Crippen LogP contribution in [0.15, 0.2) is 24.3 Å². The highest BCUT2D eigenvalue weighted by atomic mass is 35.5. The number of carbonyl (C=O) groups excluding carboxylic acids is 1. The zero-order valence-corrected chi connectivity index (χ0v) is 10.4. The number of rotatable bonds is 3. The van der Waals surface area contributed by atoms with E-state index in [4.69, 9.17) is 11.6 Å². The van der Waals surface area contributed by atoms with Crippen molar-refractivity contribution in [3.63, 3.8) is 0 Å². The average Bonchev–Trinajstić information content (AvgIpc) is 2.29. The van der Waals surface area contributed by atoms with E-state index in [0.29, 0.717) is 6.54 Å². The Hall–Kier alpha value is -1.06. The highest BCUT2D eigenvalue weighted by Crippen LogP contribution is 2.11. The fraction of sp³-hybridized carbons (Fsp3) is 0.462. The number of carboxylic acid groups (broad SMARTS) is 1. The van der Waals surface area contributed by atoms with Crippen LogP contribution in [0.5, 0.6) is 0 Å². The molecule has 0 bridgehead atoms. The molecule has 1 fully saturated rings. The molecule has 1 N–H and O–H groups in total. The van der Waals surface area contributed by atoms with E-state index >= 15 is 0 Å². The van der Waals surface area contributed by atoms with Gasteiger partial charge in [-0.05, 0) is 25.0 Å². The zero-order chi connectivity index (χ0) is 12.3. The maximum absolute atomic E-state index is 10.9. The Labute approximate surface area is 106 Å². The van der Waals surface area contributed by atoms with Crippen LogP contribution in [0.25, 0.3) is 0 Å². The smallest absolute Gasteiger partial charge is 0.103 e. The summed E-state index contributed by atoms with van der Waals surface area (Å²) < 4.78 is 0. The van der Waals surface area contributed by atoms with Crippen molar-refractivity contribution in [2.45, 2.75) is 19.4 Å². The van der Waals surface area contributed by atoms with Crippen LogP contribution in [0, 0.1) is 5.92 Å². The van der Waals surface area contributed by atoms with Gasteiger partial charge in [0.25, 0.3) is 0 Å². The first kappa shape index (κ1) is 12.4. The number of nitrogens with one attached hydrogen (secondary N) is 1. The normalized spacial score (nSPS) is 24.5. The van der Waals surface area contributed by atoms with Crippen LogP contribution in [-0.4, -0.2) is 19.1 Å². The van der Waals surface area contributed by atoms with Crippen LogP contribution in [0.4, 0.5) is 0 Å². The first-order valence-corrected chi connectivity index (χ1v) is 6.32. The molecule has 1 unspecified atom stereocenters. The number of benzene rings is 1. The molecule has 0 aliphatic carbocycles. The van der Waals surface area contributed by atoms with Gasteiger partial charge < -0.3 is 14.8 Å². The first-order valence-electron chi connectivity index (χ1n) is 5.94. The van der Waals surface area contributed by atoms with Crippen molar-refractivity contribution in [2.75, 3.05) is 13.1 Å². The molecule has 1 aliphatic heterocycles. The zero-order valence-electron chi connectivity index (χ0n) is 9.62. The summed E-state index contributed by atoms with van der Waals surface area (Å²) in [6, 6.07) is 7.75. The summed E-state index contributed by atoms with van der Waals surface area (Å²) in [5, 5.41) is 11.6. The second kappa shape index (κ2) is 5.52. The van der Waals surface area contributed by atoms with Crippen molar-refractivity contribution in [1.29, 1.82) is 0 Å². The maximum atomic E-state index is 10.9. The Bertz CT molecular complexity index is 408. The molecule has 1 aromatic carbocycles. The molecule has 0 radical (unpaired) electrons. The lowest BCUT2D eigenvalue weighted by Gasteiger charge is -2.30. The van der Waals surface area contributed by atoms with E-state index in [2.05, 4.69) is 0 Å². The number of likely N-dealkylation sites (tertiary alicyclic amines) is 1. The molecule has 92 valence electrons. The van der Waals surface area contributed by atoms with Gasteiger partial charge in [-0.25, -0.2) is 0 Å². The van der Waals surface area contributed by atoms with Crippen molar-refractivity contribution >= 4 is 17.6 Å². The molecule has 0 amide bonds. The van der Waals surface area contributed by atoms with Crippen LogP contribution in [0.1, 0.15) is 18.4 Å². The number of hydrogen-bond donors (Lipinski definition) is 1. The molecule has 1 aromatic rings. The minimum Gasteiger partial charge on any atom is -0.550 e. The van der Waals surface area contributed by atoms with Crippen LogP contribution >= 0.6 is 11.6 Å². The summed E-state index contributed by atoms with van der Waals surface area (Å²) in [5.74, 6) is -1.20. The third-order valence-electron chi connectivity index (χ3n) is 3.29. The lowest BCUT2D eigenvalue weighted by atomic mass is 9.98. The molecule has 1 heterocycles. The van der Waals surface area contributed by atoms with E-state index in [1.165, 1.54) is 4.90 Å². The predicted molar refractivity (Wildman–Crippen MR) is 63.6 cm³/mol.